The Labute approximate surface area is 173 Å². The molecule has 1 unspecified atom stereocenters. The minimum Gasteiger partial charge on any atom is -0.493 e. The number of benzene rings is 3. The van der Waals surface area contributed by atoms with Gasteiger partial charge in [0.25, 0.3) is 5.69 Å². The van der Waals surface area contributed by atoms with Gasteiger partial charge < -0.3 is 14.6 Å². The first kappa shape index (κ1) is 20.8. The lowest BCUT2D eigenvalue weighted by molar-refractivity contribution is -0.385. The Morgan fingerprint density at radius 3 is 2.30 bits per heavy atom. The molecule has 0 aliphatic carbocycles. The highest BCUT2D eigenvalue weighted by atomic mass is 16.6. The van der Waals surface area contributed by atoms with Gasteiger partial charge in [-0.3, -0.25) is 10.1 Å². The number of nitrogens with zero attached hydrogens (tertiary/aromatic N) is 2. The summed E-state index contributed by atoms with van der Waals surface area (Å²) >= 11 is 0. The molecule has 0 aliphatic rings. The van der Waals surface area contributed by atoms with Crippen LogP contribution in [0, 0.1) is 21.4 Å². The van der Waals surface area contributed by atoms with Crippen molar-refractivity contribution < 1.29 is 19.5 Å². The number of hydrogen-bond donors (Lipinski definition) is 1. The fourth-order valence-corrected chi connectivity index (χ4v) is 3.29. The van der Waals surface area contributed by atoms with Gasteiger partial charge >= 0.3 is 0 Å². The van der Waals surface area contributed by atoms with Crippen molar-refractivity contribution in [3.05, 3.63) is 87.5 Å². The van der Waals surface area contributed by atoms with E-state index in [2.05, 4.69) is 6.07 Å². The highest BCUT2D eigenvalue weighted by Gasteiger charge is 2.22. The average Bonchev–Trinajstić information content (AvgIpc) is 2.78. The van der Waals surface area contributed by atoms with Crippen LogP contribution in [0.15, 0.2) is 60.7 Å². The summed E-state index contributed by atoms with van der Waals surface area (Å²) in [4.78, 5) is 11.0. The molecule has 3 aromatic carbocycles. The van der Waals surface area contributed by atoms with Crippen molar-refractivity contribution in [2.45, 2.75) is 12.5 Å². The van der Waals surface area contributed by atoms with Crippen molar-refractivity contribution in [2.24, 2.45) is 0 Å². The molecule has 0 aliphatic heterocycles. The van der Waals surface area contributed by atoms with Crippen LogP contribution in [0.25, 0.3) is 11.1 Å². The molecule has 0 amide bonds. The van der Waals surface area contributed by atoms with Gasteiger partial charge in [-0.15, -0.1) is 0 Å². The van der Waals surface area contributed by atoms with E-state index in [0.717, 1.165) is 11.1 Å². The smallest absolute Gasteiger partial charge is 0.276 e. The zero-order valence-corrected chi connectivity index (χ0v) is 16.5. The van der Waals surface area contributed by atoms with Crippen LogP contribution >= 0.6 is 0 Å². The Kier molecular flexibility index (Phi) is 6.30. The first-order valence-corrected chi connectivity index (χ1v) is 9.15. The molecule has 1 N–H and O–H groups in total. The molecule has 0 fully saturated rings. The van der Waals surface area contributed by atoms with Crippen molar-refractivity contribution >= 4 is 5.69 Å². The van der Waals surface area contributed by atoms with Gasteiger partial charge in [0, 0.05) is 12.0 Å². The lowest BCUT2D eigenvalue weighted by atomic mass is 9.96. The zero-order valence-electron chi connectivity index (χ0n) is 16.5. The number of nitriles is 1. The molecule has 0 aromatic heterocycles. The summed E-state index contributed by atoms with van der Waals surface area (Å²) in [7, 11) is 2.85. The van der Waals surface area contributed by atoms with Crippen molar-refractivity contribution in [1.29, 1.82) is 5.26 Å². The van der Waals surface area contributed by atoms with Crippen LogP contribution in [0.3, 0.4) is 0 Å². The number of nitro groups is 1. The fourth-order valence-electron chi connectivity index (χ4n) is 3.29. The van der Waals surface area contributed by atoms with E-state index < -0.39 is 11.0 Å². The van der Waals surface area contributed by atoms with E-state index >= 15 is 0 Å². The van der Waals surface area contributed by atoms with E-state index in [4.69, 9.17) is 9.47 Å². The number of aliphatic hydroxyl groups excluding tert-OH is 1. The molecule has 7 heteroatoms. The maximum atomic E-state index is 11.5. The van der Waals surface area contributed by atoms with Gasteiger partial charge in [-0.1, -0.05) is 42.5 Å². The summed E-state index contributed by atoms with van der Waals surface area (Å²) in [6.07, 6.45) is -0.924. The molecule has 152 valence electrons. The molecule has 30 heavy (non-hydrogen) atoms. The van der Waals surface area contributed by atoms with Crippen LogP contribution in [0.1, 0.15) is 22.8 Å². The second kappa shape index (κ2) is 9.07. The quantitative estimate of drug-likeness (QED) is 0.461. The Balaban J connectivity index is 1.89. The van der Waals surface area contributed by atoms with Crippen molar-refractivity contribution in [3.8, 4) is 28.7 Å². The molecule has 0 bridgehead atoms. The van der Waals surface area contributed by atoms with Gasteiger partial charge in [0.05, 0.1) is 42.9 Å². The Morgan fingerprint density at radius 1 is 1.07 bits per heavy atom. The lowest BCUT2D eigenvalue weighted by Gasteiger charge is -2.15. The van der Waals surface area contributed by atoms with Crippen LogP contribution in [-0.2, 0) is 6.42 Å². The third-order valence-electron chi connectivity index (χ3n) is 4.85. The molecule has 0 saturated heterocycles. The molecule has 0 heterocycles. The largest absolute Gasteiger partial charge is 0.493 e. The molecule has 0 radical (unpaired) electrons. The van der Waals surface area contributed by atoms with E-state index in [1.54, 1.807) is 24.3 Å². The van der Waals surface area contributed by atoms with Crippen molar-refractivity contribution in [1.82, 2.24) is 0 Å². The molecule has 0 saturated carbocycles. The standard InChI is InChI=1S/C23H20N2O5/c1-29-22-12-18(20(25(27)28)13-23(22)30-2)11-21(26)16-9-7-15(8-10-16)19-6-4-3-5-17(19)14-24/h3-10,12-13,21,26H,11H2,1-2H3. The van der Waals surface area contributed by atoms with Gasteiger partial charge in [-0.25, -0.2) is 0 Å². The number of rotatable bonds is 7. The van der Waals surface area contributed by atoms with E-state index in [1.165, 1.54) is 26.4 Å². The summed E-state index contributed by atoms with van der Waals surface area (Å²) < 4.78 is 10.4. The summed E-state index contributed by atoms with van der Waals surface area (Å²) in [6, 6.07) is 19.4. The van der Waals surface area contributed by atoms with Crippen LogP contribution in [0.2, 0.25) is 0 Å². The number of hydrogen-bond acceptors (Lipinski definition) is 6. The molecule has 1 atom stereocenters. The van der Waals surface area contributed by atoms with Gasteiger partial charge in [-0.2, -0.15) is 5.26 Å². The maximum absolute atomic E-state index is 11.5. The molecular weight excluding hydrogens is 384 g/mol. The second-order valence-electron chi connectivity index (χ2n) is 6.59. The third kappa shape index (κ3) is 4.24. The Bertz CT molecular complexity index is 1100. The molecule has 3 aromatic rings. The molecule has 0 spiro atoms. The van der Waals surface area contributed by atoms with Gasteiger partial charge in [0.15, 0.2) is 11.5 Å². The third-order valence-corrected chi connectivity index (χ3v) is 4.85. The predicted molar refractivity (Wildman–Crippen MR) is 111 cm³/mol. The van der Waals surface area contributed by atoms with Gasteiger partial charge in [0.2, 0.25) is 0 Å². The predicted octanol–water partition coefficient (Wildman–Crippen LogP) is 4.43. The van der Waals surface area contributed by atoms with Crippen LogP contribution in [-0.4, -0.2) is 24.2 Å². The van der Waals surface area contributed by atoms with Crippen LogP contribution in [0.4, 0.5) is 5.69 Å². The number of nitro benzene ring substituents is 1. The Hall–Kier alpha value is -3.89. The minimum atomic E-state index is -0.956. The number of aliphatic hydroxyl groups is 1. The minimum absolute atomic E-state index is 0.0325. The number of ether oxygens (including phenoxy) is 2. The fraction of sp³-hybridized carbons (Fsp3) is 0.174. The highest BCUT2D eigenvalue weighted by molar-refractivity contribution is 5.70. The van der Waals surface area contributed by atoms with Crippen LogP contribution < -0.4 is 9.47 Å². The first-order valence-electron chi connectivity index (χ1n) is 9.15. The lowest BCUT2D eigenvalue weighted by Crippen LogP contribution is -2.06. The maximum Gasteiger partial charge on any atom is 0.276 e. The van der Waals surface area contributed by atoms with Crippen LogP contribution in [0.5, 0.6) is 11.5 Å². The topological polar surface area (TPSA) is 106 Å². The summed E-state index contributed by atoms with van der Waals surface area (Å²) in [5.74, 6) is 0.608. The highest BCUT2D eigenvalue weighted by Crippen LogP contribution is 2.36. The summed E-state index contributed by atoms with van der Waals surface area (Å²) in [6.45, 7) is 0. The van der Waals surface area contributed by atoms with Crippen molar-refractivity contribution in [2.75, 3.05) is 14.2 Å². The monoisotopic (exact) mass is 404 g/mol. The van der Waals surface area contributed by atoms with Gasteiger partial charge in [-0.05, 0) is 28.8 Å². The molecule has 7 nitrogen and oxygen atoms in total. The van der Waals surface area contributed by atoms with E-state index in [0.29, 0.717) is 22.4 Å². The molecular formula is C23H20N2O5. The second-order valence-corrected chi connectivity index (χ2v) is 6.59. The van der Waals surface area contributed by atoms with E-state index in [1.807, 2.05) is 24.3 Å². The normalized spacial score (nSPS) is 11.4. The van der Waals surface area contributed by atoms with E-state index in [9.17, 15) is 20.5 Å². The SMILES string of the molecule is COc1cc(CC(O)c2ccc(-c3ccccc3C#N)cc2)c([N+](=O)[O-])cc1OC. The summed E-state index contributed by atoms with van der Waals surface area (Å²) in [5, 5.41) is 31.4. The Morgan fingerprint density at radius 2 is 1.70 bits per heavy atom. The zero-order chi connectivity index (χ0) is 21.7. The van der Waals surface area contributed by atoms with Gasteiger partial charge in [0.1, 0.15) is 0 Å². The summed E-state index contributed by atoms with van der Waals surface area (Å²) in [5.41, 5.74) is 3.01. The average molecular weight is 404 g/mol. The first-order chi connectivity index (χ1) is 14.5. The molecule has 3 rings (SSSR count). The van der Waals surface area contributed by atoms with E-state index in [-0.39, 0.29) is 17.9 Å². The van der Waals surface area contributed by atoms with Crippen molar-refractivity contribution in [3.63, 3.8) is 0 Å². The number of methoxy groups -OCH3 is 2.